The van der Waals surface area contributed by atoms with Crippen LogP contribution in [-0.2, 0) is 14.8 Å². The molecule has 122 valence electrons. The van der Waals surface area contributed by atoms with Crippen molar-refractivity contribution in [1.29, 1.82) is 0 Å². The molecule has 0 unspecified atom stereocenters. The molecule has 1 amide bonds. The predicted octanol–water partition coefficient (Wildman–Crippen LogP) is 2.35. The maximum Gasteiger partial charge on any atom is 0.243 e. The van der Waals surface area contributed by atoms with Gasteiger partial charge in [-0.2, -0.15) is 4.31 Å². The van der Waals surface area contributed by atoms with Gasteiger partial charge in [0.1, 0.15) is 0 Å². The third-order valence-electron chi connectivity index (χ3n) is 4.13. The first-order chi connectivity index (χ1) is 10.9. The van der Waals surface area contributed by atoms with Gasteiger partial charge in [-0.25, -0.2) is 8.42 Å². The van der Waals surface area contributed by atoms with Gasteiger partial charge in [-0.15, -0.1) is 0 Å². The summed E-state index contributed by atoms with van der Waals surface area (Å²) in [6.07, 6.45) is 0. The number of carbonyl (C=O) groups excluding carboxylic acids is 1. The van der Waals surface area contributed by atoms with E-state index in [1.807, 2.05) is 12.1 Å². The van der Waals surface area contributed by atoms with Gasteiger partial charge >= 0.3 is 0 Å². The molecule has 0 radical (unpaired) electrons. The first-order valence-corrected chi connectivity index (χ1v) is 9.16. The number of sulfonamides is 1. The molecule has 1 heterocycles. The number of fused-ring (bicyclic) bond motifs is 1. The fourth-order valence-corrected chi connectivity index (χ4v) is 4.69. The molecule has 1 aliphatic heterocycles. The van der Waals surface area contributed by atoms with E-state index in [0.717, 1.165) is 5.39 Å². The minimum absolute atomic E-state index is 0.0287. The second-order valence-electron chi connectivity index (χ2n) is 5.50. The van der Waals surface area contributed by atoms with Crippen molar-refractivity contribution in [3.8, 4) is 0 Å². The van der Waals surface area contributed by atoms with Crippen molar-refractivity contribution in [2.45, 2.75) is 11.8 Å². The minimum atomic E-state index is -3.62. The number of amides is 1. The van der Waals surface area contributed by atoms with Crippen LogP contribution in [-0.4, -0.2) is 49.7 Å². The Balaban J connectivity index is 1.98. The van der Waals surface area contributed by atoms with Crippen LogP contribution in [0.1, 0.15) is 6.92 Å². The Morgan fingerprint density at radius 1 is 1.00 bits per heavy atom. The van der Waals surface area contributed by atoms with E-state index in [0.29, 0.717) is 36.6 Å². The van der Waals surface area contributed by atoms with Crippen LogP contribution in [0.4, 0.5) is 0 Å². The number of hydrogen-bond donors (Lipinski definition) is 0. The Labute approximate surface area is 140 Å². The summed E-state index contributed by atoms with van der Waals surface area (Å²) in [6.45, 7) is 2.94. The zero-order chi connectivity index (χ0) is 16.6. The van der Waals surface area contributed by atoms with Crippen LogP contribution in [0, 0.1) is 0 Å². The fraction of sp³-hybridized carbons (Fsp3) is 0.312. The van der Waals surface area contributed by atoms with Gasteiger partial charge in [-0.1, -0.05) is 35.9 Å². The molecule has 1 aliphatic rings. The molecule has 0 aromatic heterocycles. The Morgan fingerprint density at radius 3 is 2.22 bits per heavy atom. The predicted molar refractivity (Wildman–Crippen MR) is 90.0 cm³/mol. The fourth-order valence-electron chi connectivity index (χ4n) is 2.84. The lowest BCUT2D eigenvalue weighted by Gasteiger charge is -2.33. The number of hydrogen-bond acceptors (Lipinski definition) is 3. The molecule has 1 saturated heterocycles. The van der Waals surface area contributed by atoms with Crippen LogP contribution in [0.15, 0.2) is 41.3 Å². The zero-order valence-corrected chi connectivity index (χ0v) is 14.3. The summed E-state index contributed by atoms with van der Waals surface area (Å²) >= 11 is 6.17. The largest absolute Gasteiger partial charge is 0.340 e. The Morgan fingerprint density at radius 2 is 1.61 bits per heavy atom. The molecule has 1 fully saturated rings. The molecule has 0 N–H and O–H groups in total. The van der Waals surface area contributed by atoms with E-state index in [2.05, 4.69) is 0 Å². The lowest BCUT2D eigenvalue weighted by atomic mass is 10.1. The van der Waals surface area contributed by atoms with Crippen LogP contribution in [0.3, 0.4) is 0 Å². The Bertz CT molecular complexity index is 859. The van der Waals surface area contributed by atoms with E-state index in [-0.39, 0.29) is 10.8 Å². The third-order valence-corrected chi connectivity index (χ3v) is 6.42. The van der Waals surface area contributed by atoms with Crippen LogP contribution >= 0.6 is 11.6 Å². The summed E-state index contributed by atoms with van der Waals surface area (Å²) in [5.74, 6) is -0.0287. The summed E-state index contributed by atoms with van der Waals surface area (Å²) in [6, 6.07) is 10.4. The van der Waals surface area contributed by atoms with Crippen molar-refractivity contribution in [3.63, 3.8) is 0 Å². The summed E-state index contributed by atoms with van der Waals surface area (Å²) in [5, 5.41) is 1.87. The number of benzene rings is 2. The van der Waals surface area contributed by atoms with Crippen molar-refractivity contribution < 1.29 is 13.2 Å². The molecule has 0 atom stereocenters. The Hall–Kier alpha value is -1.63. The zero-order valence-electron chi connectivity index (χ0n) is 12.7. The van der Waals surface area contributed by atoms with E-state index in [1.54, 1.807) is 29.2 Å². The van der Waals surface area contributed by atoms with Crippen LogP contribution < -0.4 is 0 Å². The molecule has 0 aliphatic carbocycles. The maximum atomic E-state index is 13.0. The molecule has 0 bridgehead atoms. The normalized spacial score (nSPS) is 16.7. The molecule has 2 aromatic carbocycles. The van der Waals surface area contributed by atoms with Gasteiger partial charge < -0.3 is 4.90 Å². The van der Waals surface area contributed by atoms with Crippen molar-refractivity contribution >= 4 is 38.3 Å². The highest BCUT2D eigenvalue weighted by atomic mass is 35.5. The number of nitrogens with zero attached hydrogens (tertiary/aromatic N) is 2. The lowest BCUT2D eigenvalue weighted by Crippen LogP contribution is -2.49. The standard InChI is InChI=1S/C16H17ClN2O3S/c1-12(20)18-8-10-19(11-9-18)23(21,22)16-7-6-15(17)13-4-2-3-5-14(13)16/h2-7H,8-11H2,1H3. The molecule has 23 heavy (non-hydrogen) atoms. The molecule has 5 nitrogen and oxygen atoms in total. The highest BCUT2D eigenvalue weighted by Crippen LogP contribution is 2.31. The second-order valence-corrected chi connectivity index (χ2v) is 7.81. The molecule has 0 spiro atoms. The van der Waals surface area contributed by atoms with Gasteiger partial charge in [0, 0.05) is 48.9 Å². The van der Waals surface area contributed by atoms with Gasteiger partial charge in [0.25, 0.3) is 0 Å². The monoisotopic (exact) mass is 352 g/mol. The van der Waals surface area contributed by atoms with Crippen LogP contribution in [0.25, 0.3) is 10.8 Å². The summed E-state index contributed by atoms with van der Waals surface area (Å²) in [5.41, 5.74) is 0. The van der Waals surface area contributed by atoms with Gasteiger partial charge in [-0.3, -0.25) is 4.79 Å². The molecule has 7 heteroatoms. The first-order valence-electron chi connectivity index (χ1n) is 7.34. The smallest absolute Gasteiger partial charge is 0.243 e. The number of rotatable bonds is 2. The van der Waals surface area contributed by atoms with Crippen molar-refractivity contribution in [2.75, 3.05) is 26.2 Å². The summed E-state index contributed by atoms with van der Waals surface area (Å²) < 4.78 is 27.4. The van der Waals surface area contributed by atoms with E-state index in [9.17, 15) is 13.2 Å². The summed E-state index contributed by atoms with van der Waals surface area (Å²) in [7, 11) is -3.62. The summed E-state index contributed by atoms with van der Waals surface area (Å²) in [4.78, 5) is 13.3. The van der Waals surface area contributed by atoms with E-state index in [1.165, 1.54) is 11.2 Å². The molecular weight excluding hydrogens is 336 g/mol. The van der Waals surface area contributed by atoms with E-state index in [4.69, 9.17) is 11.6 Å². The van der Waals surface area contributed by atoms with Gasteiger partial charge in [0.2, 0.25) is 15.9 Å². The SMILES string of the molecule is CC(=O)N1CCN(S(=O)(=O)c2ccc(Cl)c3ccccc23)CC1. The third kappa shape index (κ3) is 2.94. The van der Waals surface area contributed by atoms with E-state index >= 15 is 0 Å². The van der Waals surface area contributed by atoms with Crippen LogP contribution in [0.2, 0.25) is 5.02 Å². The lowest BCUT2D eigenvalue weighted by molar-refractivity contribution is -0.129. The number of halogens is 1. The molecule has 2 aromatic rings. The first kappa shape index (κ1) is 16.2. The highest BCUT2D eigenvalue weighted by molar-refractivity contribution is 7.89. The maximum absolute atomic E-state index is 13.0. The molecular formula is C16H17ClN2O3S. The quantitative estimate of drug-likeness (QED) is 0.833. The topological polar surface area (TPSA) is 57.7 Å². The van der Waals surface area contributed by atoms with Gasteiger partial charge in [0.05, 0.1) is 4.90 Å². The highest BCUT2D eigenvalue weighted by Gasteiger charge is 2.30. The molecule has 0 saturated carbocycles. The van der Waals surface area contributed by atoms with Crippen molar-refractivity contribution in [1.82, 2.24) is 9.21 Å². The minimum Gasteiger partial charge on any atom is -0.340 e. The second kappa shape index (κ2) is 6.11. The number of carbonyl (C=O) groups is 1. The van der Waals surface area contributed by atoms with Gasteiger partial charge in [-0.05, 0) is 12.1 Å². The van der Waals surface area contributed by atoms with Crippen molar-refractivity contribution in [3.05, 3.63) is 41.4 Å². The average molecular weight is 353 g/mol. The van der Waals surface area contributed by atoms with Gasteiger partial charge in [0.15, 0.2) is 0 Å². The number of piperazine rings is 1. The van der Waals surface area contributed by atoms with E-state index < -0.39 is 10.0 Å². The Kier molecular flexibility index (Phi) is 4.31. The average Bonchev–Trinajstić information content (AvgIpc) is 2.55. The molecule has 3 rings (SSSR count). The van der Waals surface area contributed by atoms with Crippen molar-refractivity contribution in [2.24, 2.45) is 0 Å². The van der Waals surface area contributed by atoms with Crippen LogP contribution in [0.5, 0.6) is 0 Å².